The number of nitrogens with zero attached hydrogens (tertiary/aromatic N) is 2. The van der Waals surface area contributed by atoms with Crippen LogP contribution < -0.4 is 11.1 Å². The molecule has 0 unspecified atom stereocenters. The standard InChI is InChI=1S/C14H16N4OS/c1-3-18-9-11(8-16-18)17-14(19)13-7-10(2)12(20-13)5-4-6-15/h7-9H,3,6,15H2,1-2H3,(H,17,19). The molecule has 0 aliphatic heterocycles. The zero-order chi connectivity index (χ0) is 14.5. The molecule has 0 bridgehead atoms. The number of amides is 1. The van der Waals surface area contributed by atoms with Gasteiger partial charge in [0.2, 0.25) is 0 Å². The molecule has 0 atom stereocenters. The van der Waals surface area contributed by atoms with Crippen LogP contribution in [0, 0.1) is 18.8 Å². The molecular weight excluding hydrogens is 272 g/mol. The zero-order valence-electron chi connectivity index (χ0n) is 11.4. The van der Waals surface area contributed by atoms with Crippen molar-refractivity contribution in [1.29, 1.82) is 0 Å². The quantitative estimate of drug-likeness (QED) is 0.846. The highest BCUT2D eigenvalue weighted by molar-refractivity contribution is 7.14. The first-order valence-corrected chi connectivity index (χ1v) is 7.09. The molecule has 0 aliphatic carbocycles. The second kappa shape index (κ2) is 6.37. The molecule has 0 spiro atoms. The number of hydrogen-bond donors (Lipinski definition) is 2. The van der Waals surface area contributed by atoms with Crippen LogP contribution in [0.5, 0.6) is 0 Å². The fourth-order valence-electron chi connectivity index (χ4n) is 1.64. The number of aryl methyl sites for hydroxylation is 2. The van der Waals surface area contributed by atoms with Gasteiger partial charge in [0.25, 0.3) is 5.91 Å². The van der Waals surface area contributed by atoms with Crippen LogP contribution in [0.1, 0.15) is 27.0 Å². The minimum Gasteiger partial charge on any atom is -0.320 e. The predicted octanol–water partition coefficient (Wildman–Crippen LogP) is 1.84. The van der Waals surface area contributed by atoms with Crippen LogP contribution >= 0.6 is 11.3 Å². The van der Waals surface area contributed by atoms with Gasteiger partial charge in [-0.25, -0.2) is 0 Å². The van der Waals surface area contributed by atoms with E-state index in [1.54, 1.807) is 17.1 Å². The first-order chi connectivity index (χ1) is 9.63. The molecule has 6 heteroatoms. The molecule has 5 nitrogen and oxygen atoms in total. The molecule has 2 aromatic heterocycles. The van der Waals surface area contributed by atoms with E-state index in [0.29, 0.717) is 17.1 Å². The number of nitrogens with two attached hydrogens (primary N) is 1. The van der Waals surface area contributed by atoms with E-state index in [4.69, 9.17) is 5.73 Å². The Labute approximate surface area is 121 Å². The summed E-state index contributed by atoms with van der Waals surface area (Å²) in [5.74, 6) is 5.63. The zero-order valence-corrected chi connectivity index (χ0v) is 12.3. The number of aromatic nitrogens is 2. The minimum atomic E-state index is -0.144. The first-order valence-electron chi connectivity index (χ1n) is 6.27. The molecule has 0 fully saturated rings. The highest BCUT2D eigenvalue weighted by atomic mass is 32.1. The van der Waals surface area contributed by atoms with Gasteiger partial charge in [0.1, 0.15) is 0 Å². The van der Waals surface area contributed by atoms with E-state index in [1.807, 2.05) is 19.9 Å². The summed E-state index contributed by atoms with van der Waals surface area (Å²) in [4.78, 5) is 13.7. The molecule has 2 heterocycles. The van der Waals surface area contributed by atoms with Crippen molar-refractivity contribution < 1.29 is 4.79 Å². The average Bonchev–Trinajstić information content (AvgIpc) is 3.03. The molecule has 0 saturated carbocycles. The SMILES string of the molecule is CCn1cc(NC(=O)c2cc(C)c(C#CCN)s2)cn1. The topological polar surface area (TPSA) is 72.9 Å². The van der Waals surface area contributed by atoms with Crippen LogP contribution in [0.25, 0.3) is 0 Å². The van der Waals surface area contributed by atoms with Crippen molar-refractivity contribution in [3.63, 3.8) is 0 Å². The third kappa shape index (κ3) is 3.26. The van der Waals surface area contributed by atoms with Gasteiger partial charge in [-0.15, -0.1) is 11.3 Å². The lowest BCUT2D eigenvalue weighted by Crippen LogP contribution is -2.09. The summed E-state index contributed by atoms with van der Waals surface area (Å²) in [6.07, 6.45) is 3.44. The van der Waals surface area contributed by atoms with E-state index < -0.39 is 0 Å². The smallest absolute Gasteiger partial charge is 0.265 e. The summed E-state index contributed by atoms with van der Waals surface area (Å²) in [6.45, 7) is 5.01. The van der Waals surface area contributed by atoms with Crippen LogP contribution in [0.3, 0.4) is 0 Å². The van der Waals surface area contributed by atoms with Crippen molar-refractivity contribution in [2.45, 2.75) is 20.4 Å². The Balaban J connectivity index is 2.13. The van der Waals surface area contributed by atoms with Crippen LogP contribution in [0.4, 0.5) is 5.69 Å². The van der Waals surface area contributed by atoms with Crippen LogP contribution in [-0.2, 0) is 6.54 Å². The highest BCUT2D eigenvalue weighted by Crippen LogP contribution is 2.22. The lowest BCUT2D eigenvalue weighted by atomic mass is 10.2. The number of carbonyl (C=O) groups excluding carboxylic acids is 1. The molecule has 20 heavy (non-hydrogen) atoms. The van der Waals surface area contributed by atoms with E-state index in [-0.39, 0.29) is 5.91 Å². The number of hydrogen-bond acceptors (Lipinski definition) is 4. The maximum atomic E-state index is 12.1. The number of nitrogens with one attached hydrogen (secondary N) is 1. The maximum absolute atomic E-state index is 12.1. The number of thiophene rings is 1. The maximum Gasteiger partial charge on any atom is 0.265 e. The van der Waals surface area contributed by atoms with Gasteiger partial charge in [0.15, 0.2) is 0 Å². The number of anilines is 1. The van der Waals surface area contributed by atoms with E-state index in [0.717, 1.165) is 17.0 Å². The van der Waals surface area contributed by atoms with Gasteiger partial charge in [0, 0.05) is 12.7 Å². The van der Waals surface area contributed by atoms with Gasteiger partial charge in [-0.1, -0.05) is 11.8 Å². The predicted molar refractivity (Wildman–Crippen MR) is 80.8 cm³/mol. The number of carbonyl (C=O) groups is 1. The molecule has 2 rings (SSSR count). The Morgan fingerprint density at radius 1 is 1.60 bits per heavy atom. The molecular formula is C14H16N4OS. The van der Waals surface area contributed by atoms with Crippen LogP contribution in [0.15, 0.2) is 18.5 Å². The molecule has 0 aromatic carbocycles. The van der Waals surface area contributed by atoms with E-state index >= 15 is 0 Å². The Morgan fingerprint density at radius 2 is 2.40 bits per heavy atom. The van der Waals surface area contributed by atoms with Gasteiger partial charge in [-0.3, -0.25) is 9.48 Å². The van der Waals surface area contributed by atoms with Crippen molar-refractivity contribution >= 4 is 22.9 Å². The summed E-state index contributed by atoms with van der Waals surface area (Å²) >= 11 is 1.37. The van der Waals surface area contributed by atoms with E-state index in [1.165, 1.54) is 11.3 Å². The molecule has 104 valence electrons. The van der Waals surface area contributed by atoms with Crippen LogP contribution in [-0.4, -0.2) is 22.2 Å². The van der Waals surface area contributed by atoms with E-state index in [2.05, 4.69) is 22.3 Å². The van der Waals surface area contributed by atoms with Gasteiger partial charge in [0.05, 0.1) is 28.2 Å². The fraction of sp³-hybridized carbons (Fsp3) is 0.286. The van der Waals surface area contributed by atoms with Crippen LogP contribution in [0.2, 0.25) is 0 Å². The average molecular weight is 288 g/mol. The third-order valence-electron chi connectivity index (χ3n) is 2.66. The molecule has 0 radical (unpaired) electrons. The molecule has 0 saturated heterocycles. The summed E-state index contributed by atoms with van der Waals surface area (Å²) in [6, 6.07) is 1.84. The lowest BCUT2D eigenvalue weighted by molar-refractivity contribution is 0.103. The van der Waals surface area contributed by atoms with Gasteiger partial charge in [-0.2, -0.15) is 5.10 Å². The fourth-order valence-corrected chi connectivity index (χ4v) is 2.59. The van der Waals surface area contributed by atoms with Crippen molar-refractivity contribution in [3.8, 4) is 11.8 Å². The van der Waals surface area contributed by atoms with Gasteiger partial charge >= 0.3 is 0 Å². The van der Waals surface area contributed by atoms with Crippen molar-refractivity contribution in [2.24, 2.45) is 5.73 Å². The summed E-state index contributed by atoms with van der Waals surface area (Å²) in [7, 11) is 0. The Kier molecular flexibility index (Phi) is 4.56. The molecule has 2 aromatic rings. The summed E-state index contributed by atoms with van der Waals surface area (Å²) < 4.78 is 1.76. The minimum absolute atomic E-state index is 0.144. The number of rotatable bonds is 3. The molecule has 0 aliphatic rings. The van der Waals surface area contributed by atoms with Crippen molar-refractivity contribution in [2.75, 3.05) is 11.9 Å². The van der Waals surface area contributed by atoms with Crippen molar-refractivity contribution in [3.05, 3.63) is 33.8 Å². The Bertz CT molecular complexity index is 675. The third-order valence-corrected chi connectivity index (χ3v) is 3.81. The second-order valence-electron chi connectivity index (χ2n) is 4.17. The second-order valence-corrected chi connectivity index (χ2v) is 5.22. The van der Waals surface area contributed by atoms with Gasteiger partial charge < -0.3 is 11.1 Å². The van der Waals surface area contributed by atoms with Crippen molar-refractivity contribution in [1.82, 2.24) is 9.78 Å². The largest absolute Gasteiger partial charge is 0.320 e. The summed E-state index contributed by atoms with van der Waals surface area (Å²) in [5.41, 5.74) is 7.04. The Morgan fingerprint density at radius 3 is 3.05 bits per heavy atom. The molecule has 1 amide bonds. The normalized spacial score (nSPS) is 9.95. The lowest BCUT2D eigenvalue weighted by Gasteiger charge is -1.98. The Hall–Kier alpha value is -2.10. The van der Waals surface area contributed by atoms with Gasteiger partial charge in [-0.05, 0) is 25.5 Å². The monoisotopic (exact) mass is 288 g/mol. The van der Waals surface area contributed by atoms with E-state index in [9.17, 15) is 4.79 Å². The summed E-state index contributed by atoms with van der Waals surface area (Å²) in [5, 5.41) is 6.94. The first kappa shape index (κ1) is 14.3. The highest BCUT2D eigenvalue weighted by Gasteiger charge is 2.12. The molecule has 3 N–H and O–H groups in total.